The van der Waals surface area contributed by atoms with Crippen molar-refractivity contribution in [3.8, 4) is 28.6 Å². The third-order valence-electron chi connectivity index (χ3n) is 7.60. The van der Waals surface area contributed by atoms with Crippen LogP contribution >= 0.6 is 0 Å². The van der Waals surface area contributed by atoms with Gasteiger partial charge in [0.1, 0.15) is 77.2 Å². The van der Waals surface area contributed by atoms with Crippen LogP contribution in [-0.4, -0.2) is 110 Å². The van der Waals surface area contributed by atoms with Gasteiger partial charge in [0, 0.05) is 17.7 Å². The van der Waals surface area contributed by atoms with Crippen molar-refractivity contribution in [2.75, 3.05) is 13.7 Å². The van der Waals surface area contributed by atoms with E-state index in [1.807, 2.05) is 0 Å². The van der Waals surface area contributed by atoms with Crippen molar-refractivity contribution in [3.63, 3.8) is 0 Å². The smallest absolute Gasteiger partial charge is 0.197 e. The molecule has 1 aromatic heterocycles. The zero-order valence-corrected chi connectivity index (χ0v) is 22.5. The molecule has 2 saturated heterocycles. The van der Waals surface area contributed by atoms with E-state index in [1.54, 1.807) is 0 Å². The van der Waals surface area contributed by atoms with Crippen molar-refractivity contribution in [2.45, 2.75) is 68.1 Å². The number of rotatable bonds is 6. The average Bonchev–Trinajstić information content (AvgIpc) is 2.97. The van der Waals surface area contributed by atoms with Crippen molar-refractivity contribution < 1.29 is 64.2 Å². The van der Waals surface area contributed by atoms with E-state index in [0.29, 0.717) is 5.56 Å². The summed E-state index contributed by atoms with van der Waals surface area (Å²) in [6.45, 7) is 0.682. The Balaban J connectivity index is 1.69. The highest BCUT2D eigenvalue weighted by atomic mass is 16.7. The summed E-state index contributed by atoms with van der Waals surface area (Å²) in [4.78, 5) is 13.3. The largest absolute Gasteiger partial charge is 0.508 e. The van der Waals surface area contributed by atoms with Crippen molar-refractivity contribution in [2.24, 2.45) is 0 Å². The second kappa shape index (κ2) is 11.8. The lowest BCUT2D eigenvalue weighted by Gasteiger charge is -2.46. The first kappa shape index (κ1) is 30.2. The zero-order chi connectivity index (χ0) is 30.5. The number of aliphatic hydroxyl groups excluding tert-OH is 6. The minimum absolute atomic E-state index is 0.0286. The minimum Gasteiger partial charge on any atom is -0.508 e. The van der Waals surface area contributed by atoms with E-state index in [-0.39, 0.29) is 33.8 Å². The van der Waals surface area contributed by atoms with E-state index >= 15 is 0 Å². The van der Waals surface area contributed by atoms with Crippen LogP contribution in [0, 0.1) is 0 Å². The van der Waals surface area contributed by atoms with Crippen LogP contribution in [0.1, 0.15) is 18.6 Å². The fourth-order valence-electron chi connectivity index (χ4n) is 5.27. The molecule has 2 aromatic carbocycles. The van der Waals surface area contributed by atoms with Crippen molar-refractivity contribution in [1.82, 2.24) is 0 Å². The lowest BCUT2D eigenvalue weighted by molar-refractivity contribution is -0.338. The van der Waals surface area contributed by atoms with Gasteiger partial charge in [0.25, 0.3) is 0 Å². The molecule has 228 valence electrons. The van der Waals surface area contributed by atoms with Crippen molar-refractivity contribution in [3.05, 3.63) is 52.2 Å². The number of hydrogen-bond donors (Lipinski definition) is 8. The summed E-state index contributed by atoms with van der Waals surface area (Å²) < 4.78 is 29.0. The second-order valence-corrected chi connectivity index (χ2v) is 10.3. The van der Waals surface area contributed by atoms with E-state index < -0.39 is 79.0 Å². The van der Waals surface area contributed by atoms with Gasteiger partial charge in [-0.1, -0.05) is 0 Å². The number of aliphatic hydroxyl groups is 6. The van der Waals surface area contributed by atoms with Crippen LogP contribution in [0.3, 0.4) is 0 Å². The van der Waals surface area contributed by atoms with Gasteiger partial charge in [-0.05, 0) is 31.2 Å². The SMILES string of the molecule is COc1cc(O)c2c(=O)cc(-c3ccc(O)cc3)oc2c1[C@@H]1O[C@H](CO)[C@@H](O)[C@H](O)[C@H]1O[C@@H]1O[C@H](C)[C@@H](O)[C@H](O)[C@@H]1O. The highest BCUT2D eigenvalue weighted by molar-refractivity contribution is 5.89. The Morgan fingerprint density at radius 2 is 1.57 bits per heavy atom. The molecule has 0 saturated carbocycles. The predicted octanol–water partition coefficient (Wildman–Crippen LogP) is -0.754. The van der Waals surface area contributed by atoms with Gasteiger partial charge in [-0.25, -0.2) is 0 Å². The molecule has 14 nitrogen and oxygen atoms in total. The molecule has 0 spiro atoms. The molecule has 2 aliphatic heterocycles. The molecular weight excluding hydrogens is 560 g/mol. The first-order valence-corrected chi connectivity index (χ1v) is 13.1. The molecule has 8 N–H and O–H groups in total. The lowest BCUT2D eigenvalue weighted by atomic mass is 9.89. The van der Waals surface area contributed by atoms with Crippen molar-refractivity contribution in [1.29, 1.82) is 0 Å². The number of phenols is 2. The molecule has 10 atom stereocenters. The van der Waals surface area contributed by atoms with Crippen LogP contribution in [0.2, 0.25) is 0 Å². The second-order valence-electron chi connectivity index (χ2n) is 10.3. The minimum atomic E-state index is -1.79. The summed E-state index contributed by atoms with van der Waals surface area (Å²) in [6.07, 6.45) is -15.5. The maximum Gasteiger partial charge on any atom is 0.197 e. The summed E-state index contributed by atoms with van der Waals surface area (Å²) in [5.41, 5.74) is -0.571. The topological polar surface area (TPSA) is 229 Å². The van der Waals surface area contributed by atoms with Crippen LogP contribution in [-0.2, 0) is 14.2 Å². The zero-order valence-electron chi connectivity index (χ0n) is 22.5. The third-order valence-corrected chi connectivity index (χ3v) is 7.60. The molecule has 0 radical (unpaired) electrons. The average molecular weight is 593 g/mol. The van der Waals surface area contributed by atoms with Gasteiger partial charge in [-0.15, -0.1) is 0 Å². The van der Waals surface area contributed by atoms with E-state index in [4.69, 9.17) is 23.4 Å². The molecule has 5 rings (SSSR count). The fraction of sp³-hybridized carbons (Fsp3) is 0.464. The van der Waals surface area contributed by atoms with Gasteiger partial charge in [0.2, 0.25) is 0 Å². The number of hydrogen-bond acceptors (Lipinski definition) is 14. The Morgan fingerprint density at radius 3 is 2.21 bits per heavy atom. The number of aromatic hydroxyl groups is 2. The van der Waals surface area contributed by atoms with Crippen LogP contribution in [0.15, 0.2) is 45.6 Å². The van der Waals surface area contributed by atoms with E-state index in [0.717, 1.165) is 12.1 Å². The standard InChI is InChI=1S/C28H32O14/c1-10-20(33)22(35)24(37)28(39-10)42-27-23(36)21(34)17(9-29)41-26(27)19-16(38-2)8-14(32)18-13(31)7-15(40-25(18)19)11-3-5-12(30)6-4-11/h3-8,10,17,20-24,26-30,32-37H,9H2,1-2H3/t10-,17-,20-,21-,22+,23+,24+,26+,27-,28+/m1/s1. The molecule has 0 bridgehead atoms. The number of methoxy groups -OCH3 is 1. The number of ether oxygens (including phenoxy) is 4. The number of fused-ring (bicyclic) bond motifs is 1. The van der Waals surface area contributed by atoms with Crippen molar-refractivity contribution >= 4 is 11.0 Å². The van der Waals surface area contributed by atoms with Gasteiger partial charge < -0.3 is 64.2 Å². The maximum absolute atomic E-state index is 13.3. The first-order chi connectivity index (χ1) is 20.0. The van der Waals surface area contributed by atoms with Crippen LogP contribution in [0.4, 0.5) is 0 Å². The first-order valence-electron chi connectivity index (χ1n) is 13.1. The molecule has 3 aromatic rings. The molecule has 42 heavy (non-hydrogen) atoms. The number of benzene rings is 2. The molecule has 2 fully saturated rings. The summed E-state index contributed by atoms with van der Waals surface area (Å²) in [5, 5.41) is 82.8. The summed E-state index contributed by atoms with van der Waals surface area (Å²) in [5.74, 6) is -0.579. The van der Waals surface area contributed by atoms with Gasteiger partial charge >= 0.3 is 0 Å². The molecule has 0 amide bonds. The quantitative estimate of drug-likeness (QED) is 0.176. The summed E-state index contributed by atoms with van der Waals surface area (Å²) in [6, 6.07) is 8.00. The molecule has 2 aliphatic rings. The van der Waals surface area contributed by atoms with Crippen LogP contribution in [0.25, 0.3) is 22.3 Å². The fourth-order valence-corrected chi connectivity index (χ4v) is 5.27. The van der Waals surface area contributed by atoms with Crippen LogP contribution in [0.5, 0.6) is 17.2 Å². The van der Waals surface area contributed by atoms with Gasteiger partial charge in [-0.3, -0.25) is 4.79 Å². The Morgan fingerprint density at radius 1 is 0.881 bits per heavy atom. The van der Waals surface area contributed by atoms with Crippen LogP contribution < -0.4 is 10.2 Å². The molecule has 14 heteroatoms. The Kier molecular flexibility index (Phi) is 8.44. The van der Waals surface area contributed by atoms with Gasteiger partial charge in [-0.2, -0.15) is 0 Å². The van der Waals surface area contributed by atoms with E-state index in [2.05, 4.69) is 0 Å². The molecule has 0 aliphatic carbocycles. The number of phenolic OH excluding ortho intramolecular Hbond substituents is 2. The molecule has 3 heterocycles. The predicted molar refractivity (Wildman–Crippen MR) is 142 cm³/mol. The highest BCUT2D eigenvalue weighted by Crippen LogP contribution is 2.45. The highest BCUT2D eigenvalue weighted by Gasteiger charge is 2.51. The third kappa shape index (κ3) is 5.21. The summed E-state index contributed by atoms with van der Waals surface area (Å²) in [7, 11) is 1.26. The Bertz CT molecular complexity index is 1470. The molecular formula is C28H32O14. The molecule has 0 unspecified atom stereocenters. The van der Waals surface area contributed by atoms with E-state index in [1.165, 1.54) is 38.3 Å². The van der Waals surface area contributed by atoms with Gasteiger partial charge in [0.05, 0.1) is 25.4 Å². The normalized spacial score (nSPS) is 33.5. The van der Waals surface area contributed by atoms with Gasteiger partial charge in [0.15, 0.2) is 17.3 Å². The maximum atomic E-state index is 13.3. The Hall–Kier alpha value is -3.31. The Labute approximate surface area is 238 Å². The monoisotopic (exact) mass is 592 g/mol. The lowest BCUT2D eigenvalue weighted by Crippen LogP contribution is -2.61. The summed E-state index contributed by atoms with van der Waals surface area (Å²) >= 11 is 0. The van der Waals surface area contributed by atoms with E-state index in [9.17, 15) is 45.6 Å².